The minimum Gasteiger partial charge on any atom is -0.313 e. The van der Waals surface area contributed by atoms with E-state index in [9.17, 15) is 5.26 Å². The van der Waals surface area contributed by atoms with E-state index in [4.69, 9.17) is 5.73 Å². The molecule has 3 nitrogen and oxygen atoms in total. The lowest BCUT2D eigenvalue weighted by Crippen LogP contribution is -2.43. The standard InChI is InChI=1S/C16H31N3/c1-3-5-11-19(12-6-4-2)13-9-15-8-7-10-16(15,18)14-17/h15H,3-13,18H2,1-2H3. The van der Waals surface area contributed by atoms with Crippen molar-refractivity contribution < 1.29 is 0 Å². The zero-order chi connectivity index (χ0) is 14.1. The second kappa shape index (κ2) is 8.55. The highest BCUT2D eigenvalue weighted by Gasteiger charge is 2.39. The van der Waals surface area contributed by atoms with Crippen LogP contribution >= 0.6 is 0 Å². The van der Waals surface area contributed by atoms with E-state index in [1.54, 1.807) is 0 Å². The smallest absolute Gasteiger partial charge is 0.107 e. The third kappa shape index (κ3) is 5.12. The second-order valence-corrected chi connectivity index (χ2v) is 6.08. The van der Waals surface area contributed by atoms with Gasteiger partial charge in [-0.1, -0.05) is 33.1 Å². The van der Waals surface area contributed by atoms with Crippen molar-refractivity contribution in [3.05, 3.63) is 0 Å². The first-order chi connectivity index (χ1) is 9.16. The Hall–Kier alpha value is -0.590. The third-order valence-corrected chi connectivity index (χ3v) is 4.53. The highest BCUT2D eigenvalue weighted by molar-refractivity contribution is 5.11. The molecule has 0 amide bonds. The summed E-state index contributed by atoms with van der Waals surface area (Å²) in [7, 11) is 0. The van der Waals surface area contributed by atoms with Gasteiger partial charge >= 0.3 is 0 Å². The van der Waals surface area contributed by atoms with Crippen molar-refractivity contribution in [1.29, 1.82) is 5.26 Å². The molecule has 0 radical (unpaired) electrons. The topological polar surface area (TPSA) is 53.0 Å². The summed E-state index contributed by atoms with van der Waals surface area (Å²) in [6.07, 6.45) is 9.31. The molecule has 2 N–H and O–H groups in total. The second-order valence-electron chi connectivity index (χ2n) is 6.08. The molecule has 0 aliphatic heterocycles. The summed E-state index contributed by atoms with van der Waals surface area (Å²) in [6, 6.07) is 2.36. The summed E-state index contributed by atoms with van der Waals surface area (Å²) < 4.78 is 0. The van der Waals surface area contributed by atoms with Crippen molar-refractivity contribution in [3.8, 4) is 6.07 Å². The van der Waals surface area contributed by atoms with Crippen LogP contribution in [0.4, 0.5) is 0 Å². The van der Waals surface area contributed by atoms with Crippen molar-refractivity contribution in [1.82, 2.24) is 4.90 Å². The highest BCUT2D eigenvalue weighted by atomic mass is 15.1. The van der Waals surface area contributed by atoms with Crippen LogP contribution in [0.15, 0.2) is 0 Å². The van der Waals surface area contributed by atoms with E-state index in [1.165, 1.54) is 38.8 Å². The summed E-state index contributed by atoms with van der Waals surface area (Å²) in [5.74, 6) is 0.406. The number of nitriles is 1. The summed E-state index contributed by atoms with van der Waals surface area (Å²) in [5.41, 5.74) is 5.67. The Balaban J connectivity index is 2.39. The van der Waals surface area contributed by atoms with Crippen LogP contribution in [0, 0.1) is 17.2 Å². The third-order valence-electron chi connectivity index (χ3n) is 4.53. The zero-order valence-electron chi connectivity index (χ0n) is 12.8. The van der Waals surface area contributed by atoms with Gasteiger partial charge in [-0.05, 0) is 57.7 Å². The van der Waals surface area contributed by atoms with Crippen LogP contribution in [0.1, 0.15) is 65.2 Å². The van der Waals surface area contributed by atoms with Gasteiger partial charge in [-0.3, -0.25) is 0 Å². The average molecular weight is 265 g/mol. The fourth-order valence-electron chi connectivity index (χ4n) is 3.09. The number of hydrogen-bond acceptors (Lipinski definition) is 3. The van der Waals surface area contributed by atoms with E-state index in [-0.39, 0.29) is 0 Å². The Kier molecular flexibility index (Phi) is 7.41. The van der Waals surface area contributed by atoms with E-state index in [2.05, 4.69) is 24.8 Å². The number of rotatable bonds is 9. The predicted octanol–water partition coefficient (Wildman–Crippen LogP) is 3.30. The van der Waals surface area contributed by atoms with Crippen LogP contribution in [0.5, 0.6) is 0 Å². The Morgan fingerprint density at radius 2 is 1.84 bits per heavy atom. The molecule has 1 rings (SSSR count). The Labute approximate surface area is 119 Å². The molecule has 19 heavy (non-hydrogen) atoms. The van der Waals surface area contributed by atoms with Crippen LogP contribution in [-0.2, 0) is 0 Å². The first-order valence-electron chi connectivity index (χ1n) is 8.08. The van der Waals surface area contributed by atoms with E-state index in [0.717, 1.165) is 32.2 Å². The number of nitrogens with zero attached hydrogens (tertiary/aromatic N) is 2. The van der Waals surface area contributed by atoms with E-state index in [1.807, 2.05) is 0 Å². The van der Waals surface area contributed by atoms with Gasteiger partial charge in [0.25, 0.3) is 0 Å². The van der Waals surface area contributed by atoms with Crippen LogP contribution in [0.25, 0.3) is 0 Å². The molecular weight excluding hydrogens is 234 g/mol. The van der Waals surface area contributed by atoms with Gasteiger partial charge < -0.3 is 10.6 Å². The molecule has 1 fully saturated rings. The number of nitrogens with two attached hydrogens (primary N) is 1. The van der Waals surface area contributed by atoms with E-state index >= 15 is 0 Å². The van der Waals surface area contributed by atoms with Crippen molar-refractivity contribution in [2.45, 2.75) is 70.8 Å². The molecule has 0 spiro atoms. The van der Waals surface area contributed by atoms with Gasteiger partial charge in [-0.15, -0.1) is 0 Å². The largest absolute Gasteiger partial charge is 0.313 e. The Morgan fingerprint density at radius 3 is 2.37 bits per heavy atom. The maximum absolute atomic E-state index is 9.26. The minimum atomic E-state index is -0.540. The molecular formula is C16H31N3. The first-order valence-corrected chi connectivity index (χ1v) is 8.08. The van der Waals surface area contributed by atoms with Crippen molar-refractivity contribution in [2.24, 2.45) is 11.7 Å². The van der Waals surface area contributed by atoms with Crippen molar-refractivity contribution in [3.63, 3.8) is 0 Å². The summed E-state index contributed by atoms with van der Waals surface area (Å²) in [6.45, 7) is 8.01. The minimum absolute atomic E-state index is 0.406. The van der Waals surface area contributed by atoms with Crippen molar-refractivity contribution in [2.75, 3.05) is 19.6 Å². The number of unbranched alkanes of at least 4 members (excludes halogenated alkanes) is 2. The van der Waals surface area contributed by atoms with Gasteiger partial charge in [-0.25, -0.2) is 0 Å². The van der Waals surface area contributed by atoms with Gasteiger partial charge in [0, 0.05) is 0 Å². The molecule has 0 bridgehead atoms. The normalized spacial score (nSPS) is 26.8. The van der Waals surface area contributed by atoms with E-state index in [0.29, 0.717) is 5.92 Å². The molecule has 1 aliphatic rings. The lowest BCUT2D eigenvalue weighted by molar-refractivity contribution is 0.231. The molecule has 2 atom stereocenters. The van der Waals surface area contributed by atoms with Gasteiger partial charge in [-0.2, -0.15) is 5.26 Å². The lowest BCUT2D eigenvalue weighted by Gasteiger charge is -2.28. The fraction of sp³-hybridized carbons (Fsp3) is 0.938. The molecule has 0 aromatic rings. The summed E-state index contributed by atoms with van der Waals surface area (Å²) in [4.78, 5) is 2.57. The Morgan fingerprint density at radius 1 is 1.21 bits per heavy atom. The highest BCUT2D eigenvalue weighted by Crippen LogP contribution is 2.35. The maximum Gasteiger partial charge on any atom is 0.107 e. The molecule has 2 unspecified atom stereocenters. The lowest BCUT2D eigenvalue weighted by atomic mass is 9.87. The van der Waals surface area contributed by atoms with Gasteiger partial charge in [0.1, 0.15) is 5.54 Å². The van der Waals surface area contributed by atoms with Crippen LogP contribution in [-0.4, -0.2) is 30.1 Å². The Bertz CT molecular complexity index is 276. The first kappa shape index (κ1) is 16.5. The summed E-state index contributed by atoms with van der Waals surface area (Å²) in [5, 5.41) is 9.26. The molecule has 3 heteroatoms. The van der Waals surface area contributed by atoms with Gasteiger partial charge in [0.05, 0.1) is 6.07 Å². The van der Waals surface area contributed by atoms with Crippen LogP contribution in [0.2, 0.25) is 0 Å². The quantitative estimate of drug-likeness (QED) is 0.696. The molecule has 110 valence electrons. The monoisotopic (exact) mass is 265 g/mol. The van der Waals surface area contributed by atoms with Gasteiger partial charge in [0.2, 0.25) is 0 Å². The number of hydrogen-bond donors (Lipinski definition) is 1. The van der Waals surface area contributed by atoms with E-state index < -0.39 is 5.54 Å². The molecule has 0 aromatic heterocycles. The molecule has 0 aromatic carbocycles. The molecule has 1 saturated carbocycles. The zero-order valence-corrected chi connectivity index (χ0v) is 12.8. The maximum atomic E-state index is 9.26. The van der Waals surface area contributed by atoms with Crippen LogP contribution in [0.3, 0.4) is 0 Å². The molecule has 0 heterocycles. The predicted molar refractivity (Wildman–Crippen MR) is 80.7 cm³/mol. The molecule has 1 aliphatic carbocycles. The van der Waals surface area contributed by atoms with Gasteiger partial charge in [0.15, 0.2) is 0 Å². The average Bonchev–Trinajstić information content (AvgIpc) is 2.80. The summed E-state index contributed by atoms with van der Waals surface area (Å²) >= 11 is 0. The van der Waals surface area contributed by atoms with Crippen molar-refractivity contribution >= 4 is 0 Å². The van der Waals surface area contributed by atoms with Crippen LogP contribution < -0.4 is 5.73 Å². The SMILES string of the molecule is CCCCN(CCCC)CCC1CCCC1(N)C#N. The fourth-order valence-corrected chi connectivity index (χ4v) is 3.09. The molecule has 0 saturated heterocycles.